The number of carboxylic acids is 1. The Balaban J connectivity index is 2.31. The molecule has 1 aromatic carbocycles. The van der Waals surface area contributed by atoms with Crippen molar-refractivity contribution in [3.05, 3.63) is 42.1 Å². The van der Waals surface area contributed by atoms with Crippen molar-refractivity contribution < 1.29 is 14.6 Å². The van der Waals surface area contributed by atoms with Crippen LogP contribution in [0.25, 0.3) is 22.6 Å². The zero-order valence-corrected chi connectivity index (χ0v) is 11.6. The maximum Gasteiger partial charge on any atom is 0.335 e. The van der Waals surface area contributed by atoms with E-state index in [1.165, 1.54) is 19.2 Å². The van der Waals surface area contributed by atoms with Crippen LogP contribution in [-0.2, 0) is 7.05 Å². The molecular formula is C15H13N3O3. The van der Waals surface area contributed by atoms with Crippen LogP contribution in [-0.4, -0.2) is 32.7 Å². The van der Waals surface area contributed by atoms with Crippen molar-refractivity contribution in [1.29, 1.82) is 0 Å². The number of aryl methyl sites for hydroxylation is 1. The Kier molecular flexibility index (Phi) is 3.06. The van der Waals surface area contributed by atoms with Crippen molar-refractivity contribution in [3.8, 4) is 17.3 Å². The molecule has 0 aliphatic rings. The monoisotopic (exact) mass is 283 g/mol. The number of rotatable bonds is 3. The molecule has 2 aromatic heterocycles. The third-order valence-electron chi connectivity index (χ3n) is 3.30. The fourth-order valence-corrected chi connectivity index (χ4v) is 2.31. The third-order valence-corrected chi connectivity index (χ3v) is 3.30. The zero-order chi connectivity index (χ0) is 15.0. The number of fused-ring (bicyclic) bond motifs is 1. The molecule has 6 heteroatoms. The van der Waals surface area contributed by atoms with Gasteiger partial charge in [-0.1, -0.05) is 6.07 Å². The molecule has 106 valence electrons. The van der Waals surface area contributed by atoms with Crippen molar-refractivity contribution in [1.82, 2.24) is 14.5 Å². The summed E-state index contributed by atoms with van der Waals surface area (Å²) in [5, 5.41) is 9.15. The number of hydrogen-bond donors (Lipinski definition) is 1. The van der Waals surface area contributed by atoms with Crippen LogP contribution >= 0.6 is 0 Å². The standard InChI is InChI=1S/C15H13N3O3/c1-18-13-11(7-9(15(19)20)8-12(13)21-2)17-14(18)10-5-3-4-6-16-10/h3-8H,1-2H3,(H,19,20). The van der Waals surface area contributed by atoms with Gasteiger partial charge in [0.25, 0.3) is 0 Å². The third kappa shape index (κ3) is 2.10. The molecule has 0 saturated heterocycles. The Morgan fingerprint density at radius 1 is 1.33 bits per heavy atom. The van der Waals surface area contributed by atoms with E-state index in [2.05, 4.69) is 9.97 Å². The van der Waals surface area contributed by atoms with Crippen LogP contribution in [0.4, 0.5) is 0 Å². The largest absolute Gasteiger partial charge is 0.494 e. The highest BCUT2D eigenvalue weighted by molar-refractivity contribution is 5.96. The summed E-state index contributed by atoms with van der Waals surface area (Å²) in [6.45, 7) is 0. The van der Waals surface area contributed by atoms with Crippen molar-refractivity contribution in [2.24, 2.45) is 7.05 Å². The average molecular weight is 283 g/mol. The Morgan fingerprint density at radius 3 is 2.76 bits per heavy atom. The first-order chi connectivity index (χ1) is 10.1. The van der Waals surface area contributed by atoms with Crippen LogP contribution < -0.4 is 4.74 Å². The normalized spacial score (nSPS) is 10.8. The van der Waals surface area contributed by atoms with E-state index in [4.69, 9.17) is 9.84 Å². The van der Waals surface area contributed by atoms with Crippen LogP contribution in [0.1, 0.15) is 10.4 Å². The van der Waals surface area contributed by atoms with E-state index >= 15 is 0 Å². The zero-order valence-electron chi connectivity index (χ0n) is 11.6. The van der Waals surface area contributed by atoms with Gasteiger partial charge in [0.15, 0.2) is 5.82 Å². The summed E-state index contributed by atoms with van der Waals surface area (Å²) in [6.07, 6.45) is 1.69. The molecule has 0 saturated carbocycles. The summed E-state index contributed by atoms with van der Waals surface area (Å²) in [5.41, 5.74) is 2.17. The Morgan fingerprint density at radius 2 is 2.14 bits per heavy atom. The maximum absolute atomic E-state index is 11.2. The lowest BCUT2D eigenvalue weighted by Gasteiger charge is -2.06. The molecular weight excluding hydrogens is 270 g/mol. The number of carbonyl (C=O) groups is 1. The van der Waals surface area contributed by atoms with Gasteiger partial charge in [-0.2, -0.15) is 0 Å². The predicted octanol–water partition coefficient (Wildman–Crippen LogP) is 2.34. The molecule has 0 unspecified atom stereocenters. The number of aromatic carboxylic acids is 1. The van der Waals surface area contributed by atoms with Gasteiger partial charge in [0.05, 0.1) is 18.2 Å². The van der Waals surface area contributed by atoms with Gasteiger partial charge in [0.2, 0.25) is 0 Å². The number of carboxylic acid groups (broad SMARTS) is 1. The number of pyridine rings is 1. The number of methoxy groups -OCH3 is 1. The van der Waals surface area contributed by atoms with Gasteiger partial charge in [0.1, 0.15) is 17.0 Å². The molecule has 0 aliphatic carbocycles. The maximum atomic E-state index is 11.2. The second-order valence-corrected chi connectivity index (χ2v) is 4.56. The first kappa shape index (κ1) is 13.1. The molecule has 2 heterocycles. The highest BCUT2D eigenvalue weighted by Crippen LogP contribution is 2.30. The topological polar surface area (TPSA) is 77.2 Å². The molecule has 21 heavy (non-hydrogen) atoms. The van der Waals surface area contributed by atoms with E-state index in [0.717, 1.165) is 11.2 Å². The highest BCUT2D eigenvalue weighted by Gasteiger charge is 2.17. The lowest BCUT2D eigenvalue weighted by molar-refractivity contribution is 0.0696. The van der Waals surface area contributed by atoms with Crippen molar-refractivity contribution >= 4 is 17.0 Å². The van der Waals surface area contributed by atoms with Gasteiger partial charge in [-0.25, -0.2) is 9.78 Å². The van der Waals surface area contributed by atoms with Crippen LogP contribution in [0.5, 0.6) is 5.75 Å². The molecule has 0 fully saturated rings. The number of ether oxygens (including phenoxy) is 1. The smallest absolute Gasteiger partial charge is 0.335 e. The molecule has 0 atom stereocenters. The number of nitrogens with zero attached hydrogens (tertiary/aromatic N) is 3. The first-order valence-corrected chi connectivity index (χ1v) is 6.31. The van der Waals surface area contributed by atoms with E-state index in [1.807, 2.05) is 29.8 Å². The van der Waals surface area contributed by atoms with E-state index in [0.29, 0.717) is 17.1 Å². The molecule has 1 N–H and O–H groups in total. The van der Waals surface area contributed by atoms with E-state index in [-0.39, 0.29) is 5.56 Å². The van der Waals surface area contributed by atoms with Gasteiger partial charge in [-0.05, 0) is 24.3 Å². The predicted molar refractivity (Wildman–Crippen MR) is 77.5 cm³/mol. The second-order valence-electron chi connectivity index (χ2n) is 4.56. The minimum atomic E-state index is -1.01. The summed E-state index contributed by atoms with van der Waals surface area (Å²) in [7, 11) is 3.36. The van der Waals surface area contributed by atoms with Gasteiger partial charge < -0.3 is 14.4 Å². The van der Waals surface area contributed by atoms with Crippen molar-refractivity contribution in [3.63, 3.8) is 0 Å². The minimum absolute atomic E-state index is 0.144. The van der Waals surface area contributed by atoms with Crippen LogP contribution in [0, 0.1) is 0 Å². The molecule has 3 rings (SSSR count). The van der Waals surface area contributed by atoms with E-state index in [1.54, 1.807) is 6.20 Å². The van der Waals surface area contributed by atoms with Gasteiger partial charge in [-0.15, -0.1) is 0 Å². The van der Waals surface area contributed by atoms with E-state index in [9.17, 15) is 4.79 Å². The molecule has 0 spiro atoms. The first-order valence-electron chi connectivity index (χ1n) is 6.31. The number of imidazole rings is 1. The number of benzene rings is 1. The number of hydrogen-bond acceptors (Lipinski definition) is 4. The summed E-state index contributed by atoms with van der Waals surface area (Å²) in [4.78, 5) is 19.9. The quantitative estimate of drug-likeness (QED) is 0.798. The molecule has 0 amide bonds. The Labute approximate surface area is 120 Å². The lowest BCUT2D eigenvalue weighted by Crippen LogP contribution is -1.99. The lowest BCUT2D eigenvalue weighted by atomic mass is 10.2. The average Bonchev–Trinajstić information content (AvgIpc) is 2.84. The summed E-state index contributed by atoms with van der Waals surface area (Å²) < 4.78 is 7.15. The Bertz CT molecular complexity index is 825. The summed E-state index contributed by atoms with van der Waals surface area (Å²) in [6, 6.07) is 8.59. The summed E-state index contributed by atoms with van der Waals surface area (Å²) >= 11 is 0. The second kappa shape index (κ2) is 4.90. The van der Waals surface area contributed by atoms with Gasteiger partial charge >= 0.3 is 5.97 Å². The fourth-order valence-electron chi connectivity index (χ4n) is 2.31. The minimum Gasteiger partial charge on any atom is -0.494 e. The molecule has 0 bridgehead atoms. The SMILES string of the molecule is COc1cc(C(=O)O)cc2nc(-c3ccccn3)n(C)c12. The van der Waals surface area contributed by atoms with Crippen molar-refractivity contribution in [2.75, 3.05) is 7.11 Å². The molecule has 6 nitrogen and oxygen atoms in total. The van der Waals surface area contributed by atoms with E-state index < -0.39 is 5.97 Å². The van der Waals surface area contributed by atoms with Crippen molar-refractivity contribution in [2.45, 2.75) is 0 Å². The fraction of sp³-hybridized carbons (Fsp3) is 0.133. The highest BCUT2D eigenvalue weighted by atomic mass is 16.5. The molecule has 0 radical (unpaired) electrons. The van der Waals surface area contributed by atoms with Crippen LogP contribution in [0.3, 0.4) is 0 Å². The summed E-state index contributed by atoms with van der Waals surface area (Å²) in [5.74, 6) is 0.119. The van der Waals surface area contributed by atoms with Crippen LogP contribution in [0.2, 0.25) is 0 Å². The van der Waals surface area contributed by atoms with Gasteiger partial charge in [0, 0.05) is 13.2 Å². The van der Waals surface area contributed by atoms with Crippen LogP contribution in [0.15, 0.2) is 36.5 Å². The Hall–Kier alpha value is -2.89. The van der Waals surface area contributed by atoms with Gasteiger partial charge in [-0.3, -0.25) is 4.98 Å². The number of aromatic nitrogens is 3. The molecule has 3 aromatic rings. The molecule has 0 aliphatic heterocycles.